The smallest absolute Gasteiger partial charge is 0.349 e. The van der Waals surface area contributed by atoms with Crippen molar-refractivity contribution >= 4 is 64.9 Å². The van der Waals surface area contributed by atoms with E-state index >= 15 is 0 Å². The molecule has 0 amide bonds. The number of rotatable bonds is 7. The van der Waals surface area contributed by atoms with Gasteiger partial charge in [-0.2, -0.15) is 5.10 Å². The molecule has 0 aliphatic heterocycles. The molecule has 3 aromatic carbocycles. The number of nitrogens with zero attached hydrogens (tertiary/aromatic N) is 2. The monoisotopic (exact) mass is 649 g/mol. The molecule has 0 radical (unpaired) electrons. The maximum atomic E-state index is 12.7. The van der Waals surface area contributed by atoms with Gasteiger partial charge in [-0.1, -0.05) is 40.2 Å². The molecule has 34 heavy (non-hydrogen) atoms. The quantitative estimate of drug-likeness (QED) is 0.255. The number of hydrogen-bond donors (Lipinski definition) is 1. The van der Waals surface area contributed by atoms with E-state index in [1.165, 1.54) is 6.21 Å². The summed E-state index contributed by atoms with van der Waals surface area (Å²) < 4.78 is 14.9. The Balaban J connectivity index is 1.70. The van der Waals surface area contributed by atoms with Gasteiger partial charge >= 0.3 is 5.69 Å². The Morgan fingerprint density at radius 2 is 1.74 bits per heavy atom. The average Bonchev–Trinajstić information content (AvgIpc) is 2.83. The summed E-state index contributed by atoms with van der Waals surface area (Å²) in [5.74, 6) is 1.02. The second kappa shape index (κ2) is 10.7. The molecular weight excluding hydrogens is 634 g/mol. The Morgan fingerprint density at radius 3 is 2.47 bits per heavy atom. The van der Waals surface area contributed by atoms with Crippen molar-refractivity contribution in [3.63, 3.8) is 0 Å². The van der Waals surface area contributed by atoms with Gasteiger partial charge in [-0.3, -0.25) is 4.79 Å². The molecule has 1 aromatic heterocycles. The van der Waals surface area contributed by atoms with Crippen LogP contribution in [0, 0.1) is 0 Å². The fourth-order valence-electron chi connectivity index (χ4n) is 3.21. The number of halogens is 3. The van der Waals surface area contributed by atoms with Crippen LogP contribution >= 0.6 is 47.8 Å². The highest BCUT2D eigenvalue weighted by Gasteiger charge is 2.17. The SMILES string of the molecule is CCOc1cc(C=Nn2c(=O)[nH]c3ccccc3c2=O)c(Br)c(Br)c1OCc1ccc(Br)cc1. The lowest BCUT2D eigenvalue weighted by Crippen LogP contribution is -2.32. The number of H-pyrrole nitrogens is 1. The molecule has 7 nitrogen and oxygen atoms in total. The van der Waals surface area contributed by atoms with E-state index in [2.05, 4.69) is 57.9 Å². The Kier molecular flexibility index (Phi) is 7.70. The first-order valence-corrected chi connectivity index (χ1v) is 12.6. The molecule has 0 atom stereocenters. The van der Waals surface area contributed by atoms with Gasteiger partial charge in [-0.25, -0.2) is 4.79 Å². The lowest BCUT2D eigenvalue weighted by molar-refractivity contribution is 0.267. The third kappa shape index (κ3) is 5.18. The van der Waals surface area contributed by atoms with Crippen LogP contribution in [0.4, 0.5) is 0 Å². The Morgan fingerprint density at radius 1 is 1.00 bits per heavy atom. The summed E-state index contributed by atoms with van der Waals surface area (Å²) in [6, 6.07) is 16.3. The van der Waals surface area contributed by atoms with Crippen LogP contribution in [-0.2, 0) is 6.61 Å². The van der Waals surface area contributed by atoms with Crippen molar-refractivity contribution in [1.29, 1.82) is 0 Å². The van der Waals surface area contributed by atoms with E-state index < -0.39 is 11.2 Å². The summed E-state index contributed by atoms with van der Waals surface area (Å²) in [5.41, 5.74) is 0.902. The van der Waals surface area contributed by atoms with Crippen molar-refractivity contribution in [2.75, 3.05) is 6.61 Å². The number of fused-ring (bicyclic) bond motifs is 1. The average molecular weight is 652 g/mol. The summed E-state index contributed by atoms with van der Waals surface area (Å²) in [6.45, 7) is 2.63. The predicted molar refractivity (Wildman–Crippen MR) is 143 cm³/mol. The summed E-state index contributed by atoms with van der Waals surface area (Å²) in [4.78, 5) is 27.8. The summed E-state index contributed by atoms with van der Waals surface area (Å²) in [6.07, 6.45) is 1.42. The van der Waals surface area contributed by atoms with Gasteiger partial charge in [0.1, 0.15) is 6.61 Å². The maximum absolute atomic E-state index is 12.7. The van der Waals surface area contributed by atoms with Crippen molar-refractivity contribution in [2.45, 2.75) is 13.5 Å². The zero-order chi connectivity index (χ0) is 24.2. The third-order valence-corrected chi connectivity index (χ3v) is 7.52. The van der Waals surface area contributed by atoms with Crippen LogP contribution in [-0.4, -0.2) is 22.5 Å². The molecule has 0 unspecified atom stereocenters. The van der Waals surface area contributed by atoms with E-state index in [1.54, 1.807) is 30.3 Å². The molecule has 0 saturated heterocycles. The molecule has 4 rings (SSSR count). The van der Waals surface area contributed by atoms with Gasteiger partial charge in [-0.15, -0.1) is 4.68 Å². The normalized spacial score (nSPS) is 11.3. The van der Waals surface area contributed by atoms with Crippen molar-refractivity contribution in [2.24, 2.45) is 5.10 Å². The van der Waals surface area contributed by atoms with Gasteiger partial charge in [-0.05, 0) is 74.7 Å². The summed E-state index contributed by atoms with van der Waals surface area (Å²) in [7, 11) is 0. The zero-order valence-corrected chi connectivity index (χ0v) is 22.6. The number of aromatic nitrogens is 2. The fraction of sp³-hybridized carbons (Fsp3) is 0.125. The number of hydrogen-bond acceptors (Lipinski definition) is 5. The van der Waals surface area contributed by atoms with Crippen LogP contribution in [0.15, 0.2) is 82.7 Å². The molecule has 10 heteroatoms. The maximum Gasteiger partial charge on any atom is 0.349 e. The highest BCUT2D eigenvalue weighted by molar-refractivity contribution is 9.13. The van der Waals surface area contributed by atoms with Gasteiger partial charge in [0, 0.05) is 14.5 Å². The van der Waals surface area contributed by atoms with E-state index in [-0.39, 0.29) is 0 Å². The molecule has 1 heterocycles. The topological polar surface area (TPSA) is 85.7 Å². The molecule has 0 aliphatic rings. The number of nitrogens with one attached hydrogen (secondary N) is 1. The fourth-order valence-corrected chi connectivity index (χ4v) is 4.41. The van der Waals surface area contributed by atoms with E-state index in [9.17, 15) is 9.59 Å². The zero-order valence-electron chi connectivity index (χ0n) is 17.8. The van der Waals surface area contributed by atoms with Crippen LogP contribution in [0.1, 0.15) is 18.1 Å². The highest BCUT2D eigenvalue weighted by Crippen LogP contribution is 2.42. The number of ether oxygens (including phenoxy) is 2. The molecule has 174 valence electrons. The minimum atomic E-state index is -0.630. The Bertz CT molecular complexity index is 1490. The molecule has 1 N–H and O–H groups in total. The van der Waals surface area contributed by atoms with Gasteiger partial charge in [0.05, 0.1) is 28.2 Å². The number of para-hydroxylation sites is 1. The molecule has 0 saturated carbocycles. The van der Waals surface area contributed by atoms with Crippen molar-refractivity contribution in [3.05, 3.63) is 100.0 Å². The second-order valence-corrected chi connectivity index (χ2v) is 9.61. The van der Waals surface area contributed by atoms with E-state index in [0.717, 1.165) is 14.7 Å². The molecule has 0 fully saturated rings. The predicted octanol–water partition coefficient (Wildman–Crippen LogP) is 5.84. The van der Waals surface area contributed by atoms with E-state index in [4.69, 9.17) is 9.47 Å². The molecule has 0 spiro atoms. The number of benzene rings is 3. The first kappa shape index (κ1) is 24.4. The van der Waals surface area contributed by atoms with Crippen LogP contribution in [0.25, 0.3) is 10.9 Å². The minimum absolute atomic E-state index is 0.341. The largest absolute Gasteiger partial charge is 0.490 e. The van der Waals surface area contributed by atoms with Crippen molar-refractivity contribution < 1.29 is 9.47 Å². The first-order valence-electron chi connectivity index (χ1n) is 10.2. The van der Waals surface area contributed by atoms with Crippen LogP contribution in [0.2, 0.25) is 0 Å². The van der Waals surface area contributed by atoms with Gasteiger partial charge in [0.15, 0.2) is 11.5 Å². The van der Waals surface area contributed by atoms with E-state index in [0.29, 0.717) is 50.1 Å². The Hall–Kier alpha value is -2.69. The van der Waals surface area contributed by atoms with Gasteiger partial charge in [0.2, 0.25) is 0 Å². The highest BCUT2D eigenvalue weighted by atomic mass is 79.9. The first-order chi connectivity index (χ1) is 16.4. The third-order valence-electron chi connectivity index (χ3n) is 4.85. The minimum Gasteiger partial charge on any atom is -0.490 e. The van der Waals surface area contributed by atoms with Crippen molar-refractivity contribution in [1.82, 2.24) is 9.66 Å². The number of aromatic amines is 1. The van der Waals surface area contributed by atoms with Crippen LogP contribution in [0.5, 0.6) is 11.5 Å². The summed E-state index contributed by atoms with van der Waals surface area (Å²) in [5, 5.41) is 4.51. The standard InChI is InChI=1S/C24H18Br3N3O4/c1-2-33-19-11-15(12-28-30-23(31)17-5-3-4-6-18(17)29-24(30)32)20(26)21(27)22(19)34-13-14-7-9-16(25)10-8-14/h3-12H,2,13H2,1H3,(H,29,32). The van der Waals surface area contributed by atoms with Crippen LogP contribution < -0.4 is 20.7 Å². The molecule has 4 aromatic rings. The Labute approximate surface area is 219 Å². The molecule has 0 bridgehead atoms. The lowest BCUT2D eigenvalue weighted by atomic mass is 10.2. The van der Waals surface area contributed by atoms with Gasteiger partial charge < -0.3 is 14.5 Å². The van der Waals surface area contributed by atoms with Gasteiger partial charge in [0.25, 0.3) is 5.56 Å². The van der Waals surface area contributed by atoms with E-state index in [1.807, 2.05) is 31.2 Å². The molecular formula is C24H18Br3N3O4. The van der Waals surface area contributed by atoms with Crippen molar-refractivity contribution in [3.8, 4) is 11.5 Å². The lowest BCUT2D eigenvalue weighted by Gasteiger charge is -2.16. The summed E-state index contributed by atoms with van der Waals surface area (Å²) >= 11 is 10.5. The molecule has 0 aliphatic carbocycles. The second-order valence-electron chi connectivity index (χ2n) is 7.11. The van der Waals surface area contributed by atoms with Crippen LogP contribution in [0.3, 0.4) is 0 Å².